The second-order valence-corrected chi connectivity index (χ2v) is 9.40. The molecule has 2 aliphatic rings. The second-order valence-electron chi connectivity index (χ2n) is 9.40. The Hall–Kier alpha value is -4.20. The van der Waals surface area contributed by atoms with E-state index >= 15 is 0 Å². The van der Waals surface area contributed by atoms with Gasteiger partial charge in [-0.3, -0.25) is 4.79 Å². The molecule has 4 aromatic rings. The molecule has 0 aliphatic carbocycles. The van der Waals surface area contributed by atoms with Gasteiger partial charge in [0.25, 0.3) is 5.91 Å². The lowest BCUT2D eigenvalue weighted by atomic mass is 10.0. The van der Waals surface area contributed by atoms with Crippen LogP contribution in [0.2, 0.25) is 0 Å². The van der Waals surface area contributed by atoms with E-state index in [1.54, 1.807) is 0 Å². The number of nitrogens with two attached hydrogens (primary N) is 1. The van der Waals surface area contributed by atoms with Crippen LogP contribution in [0.25, 0.3) is 22.3 Å². The van der Waals surface area contributed by atoms with Crippen molar-refractivity contribution in [1.29, 1.82) is 0 Å². The van der Waals surface area contributed by atoms with E-state index in [1.807, 2.05) is 35.2 Å². The summed E-state index contributed by atoms with van der Waals surface area (Å²) in [6.45, 7) is 4.51. The molecule has 0 radical (unpaired) electrons. The van der Waals surface area contributed by atoms with Crippen LogP contribution in [0.15, 0.2) is 60.7 Å². The monoisotopic (exact) mass is 480 g/mol. The fraction of sp³-hybridized carbons (Fsp3) is 0.286. The third-order valence-corrected chi connectivity index (χ3v) is 6.97. The SMILES string of the molecule is Cc1ccc(-c2ccc3nc(N)nc(N4CCN(C(=O)C5CCc6ccccc6O5)CC4)c3n2)cc1. The fourth-order valence-corrected chi connectivity index (χ4v) is 4.96. The minimum Gasteiger partial charge on any atom is -0.480 e. The highest BCUT2D eigenvalue weighted by molar-refractivity contribution is 5.89. The van der Waals surface area contributed by atoms with Gasteiger partial charge in [-0.25, -0.2) is 9.97 Å². The number of nitrogen functional groups attached to an aromatic ring is 1. The number of rotatable bonds is 3. The first-order chi connectivity index (χ1) is 17.5. The number of benzene rings is 2. The molecule has 1 amide bonds. The number of pyridine rings is 1. The molecule has 1 unspecified atom stereocenters. The van der Waals surface area contributed by atoms with Crippen LogP contribution < -0.4 is 15.4 Å². The lowest BCUT2D eigenvalue weighted by Crippen LogP contribution is -2.53. The number of fused-ring (bicyclic) bond motifs is 2. The van der Waals surface area contributed by atoms with E-state index in [0.29, 0.717) is 49.5 Å². The molecule has 8 heteroatoms. The molecular weight excluding hydrogens is 452 g/mol. The first kappa shape index (κ1) is 22.3. The summed E-state index contributed by atoms with van der Waals surface area (Å²) >= 11 is 0. The molecule has 182 valence electrons. The van der Waals surface area contributed by atoms with Crippen LogP contribution in [-0.4, -0.2) is 58.0 Å². The third-order valence-electron chi connectivity index (χ3n) is 6.97. The Balaban J connectivity index is 1.21. The summed E-state index contributed by atoms with van der Waals surface area (Å²) in [6, 6.07) is 20.1. The molecule has 1 saturated heterocycles. The number of aromatic nitrogens is 3. The standard InChI is InChI=1S/C28H28N6O2/c1-18-6-8-19(9-7-18)21-11-12-22-25(30-21)26(32-28(29)31-22)33-14-16-34(17-15-33)27(35)24-13-10-20-4-2-3-5-23(20)36-24/h2-9,11-12,24H,10,13-17H2,1H3,(H2,29,31,32). The maximum atomic E-state index is 13.2. The minimum absolute atomic E-state index is 0.0518. The van der Waals surface area contributed by atoms with E-state index < -0.39 is 6.10 Å². The lowest BCUT2D eigenvalue weighted by Gasteiger charge is -2.37. The Morgan fingerprint density at radius 3 is 2.53 bits per heavy atom. The number of anilines is 2. The first-order valence-electron chi connectivity index (χ1n) is 12.3. The van der Waals surface area contributed by atoms with Crippen molar-refractivity contribution in [3.63, 3.8) is 0 Å². The topological polar surface area (TPSA) is 97.5 Å². The summed E-state index contributed by atoms with van der Waals surface area (Å²) < 4.78 is 6.04. The second kappa shape index (κ2) is 9.11. The van der Waals surface area contributed by atoms with Gasteiger partial charge in [0.2, 0.25) is 5.95 Å². The van der Waals surface area contributed by atoms with Gasteiger partial charge >= 0.3 is 0 Å². The number of carbonyl (C=O) groups excluding carboxylic acids is 1. The number of carbonyl (C=O) groups is 1. The molecule has 8 nitrogen and oxygen atoms in total. The zero-order valence-corrected chi connectivity index (χ0v) is 20.2. The average Bonchev–Trinajstić information content (AvgIpc) is 2.92. The minimum atomic E-state index is -0.430. The number of para-hydroxylation sites is 1. The molecule has 2 aliphatic heterocycles. The molecule has 6 rings (SSSR count). The van der Waals surface area contributed by atoms with Gasteiger partial charge in [0, 0.05) is 31.7 Å². The molecule has 2 N–H and O–H groups in total. The van der Waals surface area contributed by atoms with Crippen molar-refractivity contribution in [2.75, 3.05) is 36.8 Å². The van der Waals surface area contributed by atoms with Gasteiger partial charge in [0.15, 0.2) is 11.9 Å². The zero-order chi connectivity index (χ0) is 24.6. The average molecular weight is 481 g/mol. The smallest absolute Gasteiger partial charge is 0.263 e. The molecule has 0 spiro atoms. The zero-order valence-electron chi connectivity index (χ0n) is 20.2. The van der Waals surface area contributed by atoms with Crippen molar-refractivity contribution in [1.82, 2.24) is 19.9 Å². The van der Waals surface area contributed by atoms with E-state index in [1.165, 1.54) is 5.56 Å². The predicted molar refractivity (Wildman–Crippen MR) is 140 cm³/mol. The van der Waals surface area contributed by atoms with Crippen LogP contribution in [0.5, 0.6) is 5.75 Å². The predicted octanol–water partition coefficient (Wildman–Crippen LogP) is 3.62. The number of nitrogens with zero attached hydrogens (tertiary/aromatic N) is 5. The summed E-state index contributed by atoms with van der Waals surface area (Å²) in [5.41, 5.74) is 11.7. The van der Waals surface area contributed by atoms with E-state index in [0.717, 1.165) is 29.0 Å². The van der Waals surface area contributed by atoms with Gasteiger partial charge in [-0.05, 0) is 43.5 Å². The highest BCUT2D eigenvalue weighted by atomic mass is 16.5. The van der Waals surface area contributed by atoms with Crippen molar-refractivity contribution >= 4 is 28.7 Å². The number of piperazine rings is 1. The van der Waals surface area contributed by atoms with Gasteiger partial charge < -0.3 is 20.3 Å². The molecule has 1 atom stereocenters. The molecule has 2 aromatic carbocycles. The van der Waals surface area contributed by atoms with Gasteiger partial charge in [-0.2, -0.15) is 4.98 Å². The number of ether oxygens (including phenoxy) is 1. The maximum Gasteiger partial charge on any atom is 0.263 e. The van der Waals surface area contributed by atoms with E-state index in [9.17, 15) is 4.79 Å². The number of aryl methyl sites for hydroxylation is 2. The van der Waals surface area contributed by atoms with Crippen molar-refractivity contribution in [2.24, 2.45) is 0 Å². The third kappa shape index (κ3) is 4.19. The van der Waals surface area contributed by atoms with Crippen LogP contribution in [0.3, 0.4) is 0 Å². The van der Waals surface area contributed by atoms with Crippen LogP contribution in [0.1, 0.15) is 17.5 Å². The quantitative estimate of drug-likeness (QED) is 0.478. The van der Waals surface area contributed by atoms with Gasteiger partial charge in [0.1, 0.15) is 11.3 Å². The van der Waals surface area contributed by atoms with Crippen molar-refractivity contribution < 1.29 is 9.53 Å². The van der Waals surface area contributed by atoms with E-state index in [2.05, 4.69) is 52.1 Å². The molecule has 2 aromatic heterocycles. The van der Waals surface area contributed by atoms with Crippen LogP contribution in [0.4, 0.5) is 11.8 Å². The van der Waals surface area contributed by atoms with Crippen LogP contribution >= 0.6 is 0 Å². The van der Waals surface area contributed by atoms with Crippen molar-refractivity contribution in [3.8, 4) is 17.0 Å². The highest BCUT2D eigenvalue weighted by Crippen LogP contribution is 2.30. The Morgan fingerprint density at radius 2 is 1.72 bits per heavy atom. The van der Waals surface area contributed by atoms with Crippen molar-refractivity contribution in [3.05, 3.63) is 71.8 Å². The normalized spacial score (nSPS) is 17.5. The van der Waals surface area contributed by atoms with Crippen molar-refractivity contribution in [2.45, 2.75) is 25.9 Å². The van der Waals surface area contributed by atoms with E-state index in [-0.39, 0.29) is 11.9 Å². The van der Waals surface area contributed by atoms with Gasteiger partial charge in [0.05, 0.1) is 11.2 Å². The number of amides is 1. The van der Waals surface area contributed by atoms with E-state index in [4.69, 9.17) is 15.5 Å². The molecule has 0 saturated carbocycles. The van der Waals surface area contributed by atoms with Gasteiger partial charge in [-0.15, -0.1) is 0 Å². The number of hydrogen-bond donors (Lipinski definition) is 1. The highest BCUT2D eigenvalue weighted by Gasteiger charge is 2.32. The first-order valence-corrected chi connectivity index (χ1v) is 12.3. The summed E-state index contributed by atoms with van der Waals surface area (Å²) in [4.78, 5) is 31.1. The molecule has 36 heavy (non-hydrogen) atoms. The summed E-state index contributed by atoms with van der Waals surface area (Å²) in [6.07, 6.45) is 1.13. The number of hydrogen-bond acceptors (Lipinski definition) is 7. The molecule has 1 fully saturated rings. The Morgan fingerprint density at radius 1 is 0.944 bits per heavy atom. The fourth-order valence-electron chi connectivity index (χ4n) is 4.96. The summed E-state index contributed by atoms with van der Waals surface area (Å²) in [5.74, 6) is 1.80. The van der Waals surface area contributed by atoms with Crippen LogP contribution in [0, 0.1) is 6.92 Å². The Labute approximate surface area is 209 Å². The van der Waals surface area contributed by atoms with Gasteiger partial charge in [-0.1, -0.05) is 48.0 Å². The molecule has 0 bridgehead atoms. The summed E-state index contributed by atoms with van der Waals surface area (Å²) in [5, 5.41) is 0. The van der Waals surface area contributed by atoms with Crippen LogP contribution in [-0.2, 0) is 11.2 Å². The lowest BCUT2D eigenvalue weighted by molar-refractivity contribution is -0.139. The molecule has 4 heterocycles. The Bertz CT molecular complexity index is 1430. The summed E-state index contributed by atoms with van der Waals surface area (Å²) in [7, 11) is 0. The Kier molecular flexibility index (Phi) is 5.64. The maximum absolute atomic E-state index is 13.2. The largest absolute Gasteiger partial charge is 0.480 e. The molecular formula is C28H28N6O2.